The van der Waals surface area contributed by atoms with Crippen LogP contribution in [-0.4, -0.2) is 36.9 Å². The number of hydrazone groups is 2. The number of amides is 1. The zero-order valence-electron chi connectivity index (χ0n) is 60.4. The molecule has 0 aromatic heterocycles. The Morgan fingerprint density at radius 1 is 0.333 bits per heavy atom. The van der Waals surface area contributed by atoms with Gasteiger partial charge in [0.25, 0.3) is 0 Å². The van der Waals surface area contributed by atoms with Crippen molar-refractivity contribution in [3.05, 3.63) is 284 Å². The number of ketones is 1. The van der Waals surface area contributed by atoms with E-state index in [4.69, 9.17) is 0 Å². The van der Waals surface area contributed by atoms with Crippen LogP contribution < -0.4 is 25.6 Å². The molecule has 498 valence electrons. The topological polar surface area (TPSA) is 105 Å². The molecule has 10 nitrogen and oxygen atoms in total. The molecule has 2 N–H and O–H groups in total. The number of nitrogens with one attached hydrogen (secondary N) is 2. The molecule has 9 rings (SSSR count). The number of allylic oxidation sites excluding steroid dienone is 1. The van der Waals surface area contributed by atoms with Crippen LogP contribution in [0.15, 0.2) is 282 Å². The summed E-state index contributed by atoms with van der Waals surface area (Å²) in [6, 6.07) is 85.9. The number of benzene rings is 9. The molecule has 0 atom stereocenters. The Morgan fingerprint density at radius 3 is 1.00 bits per heavy atom. The molecule has 0 aliphatic carbocycles. The van der Waals surface area contributed by atoms with Gasteiger partial charge in [-0.25, -0.2) is 5.43 Å². The van der Waals surface area contributed by atoms with Crippen LogP contribution in [0.3, 0.4) is 0 Å². The summed E-state index contributed by atoms with van der Waals surface area (Å²) in [5.41, 5.74) is 18.7. The Hall–Kier alpha value is -9.93. The van der Waals surface area contributed by atoms with Gasteiger partial charge in [-0.3, -0.25) is 20.0 Å². The number of hydrogen-bond acceptors (Lipinski definition) is 9. The Balaban J connectivity index is -0.00000116. The third kappa shape index (κ3) is 34.7. The first kappa shape index (κ1) is 87.3. The fraction of sp³-hybridized carbons (Fsp3) is 0.265. The Morgan fingerprint density at radius 2 is 0.645 bits per heavy atom. The van der Waals surface area contributed by atoms with E-state index in [1.165, 1.54) is 13.8 Å². The zero-order valence-corrected chi connectivity index (χ0v) is 60.4. The lowest BCUT2D eigenvalue weighted by Crippen LogP contribution is -2.14. The minimum atomic E-state index is -0.197. The lowest BCUT2D eigenvalue weighted by atomic mass is 10.1. The summed E-state index contributed by atoms with van der Waals surface area (Å²) in [5, 5.41) is 8.21. The van der Waals surface area contributed by atoms with Crippen molar-refractivity contribution in [2.45, 2.75) is 145 Å². The SMILES string of the molecule is C=C(C)N/N=C/c1cccc(N(c2ccccc2)c2ccccc2)c1.CC.CC.CC.CC.CC.CC.CC.CC.CC.CC(=O)CN=Cc1ccc(N(c2ccccc2)c2ccccc2)cc1.CC(=O)N/N=C/c1ccccc1N(c1ccccc1)c1ccccc1. The first-order valence-electron chi connectivity index (χ1n) is 33.5. The minimum Gasteiger partial charge on any atom is -0.311 e. The van der Waals surface area contributed by atoms with E-state index < -0.39 is 0 Å². The Labute approximate surface area is 564 Å². The summed E-state index contributed by atoms with van der Waals surface area (Å²) in [6.45, 7) is 44.9. The number of anilines is 9. The van der Waals surface area contributed by atoms with E-state index in [-0.39, 0.29) is 18.2 Å². The highest BCUT2D eigenvalue weighted by Gasteiger charge is 2.16. The second-order valence-corrected chi connectivity index (χ2v) is 17.0. The summed E-state index contributed by atoms with van der Waals surface area (Å²) in [4.78, 5) is 32.8. The van der Waals surface area contributed by atoms with Crippen molar-refractivity contribution in [3.63, 3.8) is 0 Å². The number of carbonyl (C=O) groups is 2. The number of aliphatic imine (C=N–C) groups is 1. The number of nitrogens with zero attached hydrogens (tertiary/aromatic N) is 6. The quantitative estimate of drug-likeness (QED) is 0.0695. The predicted octanol–water partition coefficient (Wildman–Crippen LogP) is 24.6. The van der Waals surface area contributed by atoms with E-state index in [1.54, 1.807) is 18.6 Å². The first-order chi connectivity index (χ1) is 45.7. The second kappa shape index (κ2) is 59.7. The zero-order chi connectivity index (χ0) is 70.5. The van der Waals surface area contributed by atoms with Gasteiger partial charge >= 0.3 is 0 Å². The van der Waals surface area contributed by atoms with Gasteiger partial charge in [0.1, 0.15) is 0 Å². The van der Waals surface area contributed by atoms with Gasteiger partial charge in [-0.2, -0.15) is 10.2 Å². The third-order valence-corrected chi connectivity index (χ3v) is 11.0. The average Bonchev–Trinajstić information content (AvgIpc) is 0.864. The molecular formula is C83H114N8O2. The summed E-state index contributed by atoms with van der Waals surface area (Å²) in [7, 11) is 0. The van der Waals surface area contributed by atoms with Crippen molar-refractivity contribution in [2.75, 3.05) is 21.2 Å². The molecule has 0 aliphatic heterocycles. The summed E-state index contributed by atoms with van der Waals surface area (Å²) in [5.74, 6) is -0.135. The largest absolute Gasteiger partial charge is 0.311 e. The van der Waals surface area contributed by atoms with Gasteiger partial charge in [0.15, 0.2) is 5.78 Å². The molecule has 0 saturated carbocycles. The molecular weight excluding hydrogens is 1140 g/mol. The molecule has 0 unspecified atom stereocenters. The van der Waals surface area contributed by atoms with Crippen molar-refractivity contribution in [1.29, 1.82) is 0 Å². The minimum absolute atomic E-state index is 0.0622. The van der Waals surface area contributed by atoms with Crippen LogP contribution >= 0.6 is 0 Å². The monoisotopic (exact) mass is 1250 g/mol. The van der Waals surface area contributed by atoms with E-state index in [0.717, 1.165) is 73.6 Å². The van der Waals surface area contributed by atoms with Crippen LogP contribution in [0.2, 0.25) is 0 Å². The van der Waals surface area contributed by atoms with Crippen LogP contribution in [0.1, 0.15) is 162 Å². The smallest absolute Gasteiger partial charge is 0.236 e. The van der Waals surface area contributed by atoms with Crippen molar-refractivity contribution < 1.29 is 9.59 Å². The van der Waals surface area contributed by atoms with Gasteiger partial charge < -0.3 is 14.7 Å². The van der Waals surface area contributed by atoms with E-state index in [1.807, 2.05) is 289 Å². The fourth-order valence-corrected chi connectivity index (χ4v) is 7.73. The molecule has 9 aromatic carbocycles. The van der Waals surface area contributed by atoms with Crippen LogP contribution in [0.5, 0.6) is 0 Å². The number of para-hydroxylation sites is 7. The number of hydrogen-bond donors (Lipinski definition) is 2. The van der Waals surface area contributed by atoms with Crippen molar-refractivity contribution in [1.82, 2.24) is 10.9 Å². The van der Waals surface area contributed by atoms with Gasteiger partial charge in [-0.1, -0.05) is 283 Å². The van der Waals surface area contributed by atoms with Crippen LogP contribution in [0, 0.1) is 0 Å². The lowest BCUT2D eigenvalue weighted by molar-refractivity contribution is -0.119. The maximum Gasteiger partial charge on any atom is 0.236 e. The van der Waals surface area contributed by atoms with Crippen LogP contribution in [-0.2, 0) is 9.59 Å². The van der Waals surface area contributed by atoms with Gasteiger partial charge in [0.2, 0.25) is 5.91 Å². The van der Waals surface area contributed by atoms with Crippen molar-refractivity contribution in [2.24, 2.45) is 15.2 Å². The average molecular weight is 1260 g/mol. The standard InChI is InChI=1S/C22H21N3.C22H20N2O.C21H19N3O.9C2H6/c1-18(2)24-23-17-19-10-9-15-22(16-19)25(20-11-5-3-6-12-20)21-13-7-4-8-14-21;1-18(25)16-23-17-19-12-14-22(15-13-19)24(20-8-4-2-5-9-20)21-10-6-3-7-11-21;1-17(25)23-22-16-18-10-8-9-15-21(18)24(19-11-4-2-5-12-19)20-13-6-3-7-14-20;9*1-2/h3-17,24H,1H2,2H3;2-15,17H,16H2,1H3;2-16H,1H3,(H,23,25);9*1-2H3/b23-17+;;22-16+;;;;;;;;;. The molecule has 0 bridgehead atoms. The maximum atomic E-state index is 11.1. The number of carbonyl (C=O) groups excluding carboxylic acids is 2. The molecule has 1 amide bonds. The highest BCUT2D eigenvalue weighted by Crippen LogP contribution is 2.37. The molecule has 0 heterocycles. The van der Waals surface area contributed by atoms with Crippen molar-refractivity contribution >= 4 is 81.5 Å². The molecule has 9 aromatic rings. The van der Waals surface area contributed by atoms with Gasteiger partial charge in [0.05, 0.1) is 24.7 Å². The van der Waals surface area contributed by atoms with Crippen molar-refractivity contribution in [3.8, 4) is 0 Å². The second-order valence-electron chi connectivity index (χ2n) is 17.0. The highest BCUT2D eigenvalue weighted by molar-refractivity contribution is 5.93. The van der Waals surface area contributed by atoms with Gasteiger partial charge in [-0.15, -0.1) is 0 Å². The van der Waals surface area contributed by atoms with Crippen LogP contribution in [0.25, 0.3) is 0 Å². The molecule has 10 heteroatoms. The van der Waals surface area contributed by atoms with Gasteiger partial charge in [0, 0.05) is 69.9 Å². The van der Waals surface area contributed by atoms with E-state index >= 15 is 0 Å². The first-order valence-corrected chi connectivity index (χ1v) is 33.5. The van der Waals surface area contributed by atoms with E-state index in [9.17, 15) is 9.59 Å². The molecule has 0 spiro atoms. The summed E-state index contributed by atoms with van der Waals surface area (Å²) < 4.78 is 0. The normalized spacial score (nSPS) is 9.17. The molecule has 0 radical (unpaired) electrons. The fourth-order valence-electron chi connectivity index (χ4n) is 7.73. The Kier molecular flexibility index (Phi) is 56.0. The maximum absolute atomic E-state index is 11.1. The third-order valence-electron chi connectivity index (χ3n) is 11.0. The Bertz CT molecular complexity index is 3150. The highest BCUT2D eigenvalue weighted by atomic mass is 16.2. The molecule has 0 saturated heterocycles. The number of rotatable bonds is 17. The molecule has 0 fully saturated rings. The summed E-state index contributed by atoms with van der Waals surface area (Å²) in [6.07, 6.45) is 5.20. The predicted molar refractivity (Wildman–Crippen MR) is 416 cm³/mol. The number of Topliss-reactive ketones (excluding diaryl/α,β-unsaturated/α-hetero) is 1. The van der Waals surface area contributed by atoms with E-state index in [2.05, 4.69) is 144 Å². The van der Waals surface area contributed by atoms with Crippen LogP contribution in [0.4, 0.5) is 51.2 Å². The van der Waals surface area contributed by atoms with Gasteiger partial charge in [-0.05, 0) is 128 Å². The summed E-state index contributed by atoms with van der Waals surface area (Å²) >= 11 is 0. The lowest BCUT2D eigenvalue weighted by Gasteiger charge is -2.26. The van der Waals surface area contributed by atoms with E-state index in [0.29, 0.717) is 0 Å². The molecule has 0 aliphatic rings. The molecule has 93 heavy (non-hydrogen) atoms.